The maximum absolute atomic E-state index is 13.3. The topological polar surface area (TPSA) is 55.1 Å². The summed E-state index contributed by atoms with van der Waals surface area (Å²) in [7, 11) is 0. The molecule has 0 aliphatic heterocycles. The van der Waals surface area contributed by atoms with Crippen LogP contribution in [0.25, 0.3) is 0 Å². The van der Waals surface area contributed by atoms with E-state index in [0.717, 1.165) is 19.3 Å². The molecule has 0 heterocycles. The molecule has 0 radical (unpaired) electrons. The molecule has 0 bridgehead atoms. The number of unbranched alkanes of at least 4 members (excludes halogenated alkanes) is 1. The Morgan fingerprint density at radius 1 is 1.50 bits per heavy atom. The zero-order chi connectivity index (χ0) is 15.0. The van der Waals surface area contributed by atoms with Crippen molar-refractivity contribution in [3.05, 3.63) is 35.1 Å². The number of carbonyl (C=O) groups excluding carboxylic acids is 1. The zero-order valence-electron chi connectivity index (χ0n) is 12.0. The molecule has 0 aliphatic carbocycles. The first kappa shape index (κ1) is 16.2. The summed E-state index contributed by atoms with van der Waals surface area (Å²) in [5.74, 6) is 4.73. The fourth-order valence-electron chi connectivity index (χ4n) is 1.84. The third-order valence-corrected chi connectivity index (χ3v) is 2.92. The van der Waals surface area contributed by atoms with Crippen molar-refractivity contribution in [1.29, 1.82) is 0 Å². The molecule has 1 aromatic carbocycles. The molecule has 0 saturated carbocycles. The van der Waals surface area contributed by atoms with Gasteiger partial charge in [-0.15, -0.1) is 0 Å². The summed E-state index contributed by atoms with van der Waals surface area (Å²) in [5.41, 5.74) is 6.08. The van der Waals surface area contributed by atoms with Crippen molar-refractivity contribution in [3.8, 4) is 11.8 Å². The van der Waals surface area contributed by atoms with Crippen LogP contribution in [0.1, 0.15) is 49.0 Å². The minimum absolute atomic E-state index is 0.0565. The van der Waals surface area contributed by atoms with Gasteiger partial charge in [0.25, 0.3) is 5.91 Å². The van der Waals surface area contributed by atoms with Crippen LogP contribution < -0.4 is 11.1 Å². The molecule has 1 atom stereocenters. The van der Waals surface area contributed by atoms with Crippen LogP contribution in [0.15, 0.2) is 18.2 Å². The van der Waals surface area contributed by atoms with E-state index in [9.17, 15) is 9.18 Å². The molecule has 1 rings (SSSR count). The Kier molecular flexibility index (Phi) is 6.75. The highest BCUT2D eigenvalue weighted by Crippen LogP contribution is 2.11. The predicted molar refractivity (Wildman–Crippen MR) is 78.8 cm³/mol. The Morgan fingerprint density at radius 2 is 2.25 bits per heavy atom. The van der Waals surface area contributed by atoms with Gasteiger partial charge in [0.15, 0.2) is 0 Å². The fraction of sp³-hybridized carbons (Fsp3) is 0.438. The summed E-state index contributed by atoms with van der Waals surface area (Å²) in [5, 5.41) is 2.87. The summed E-state index contributed by atoms with van der Waals surface area (Å²) in [6.07, 6.45) is 3.03. The largest absolute Gasteiger partial charge is 0.350 e. The van der Waals surface area contributed by atoms with Crippen molar-refractivity contribution in [2.45, 2.75) is 39.2 Å². The Labute approximate surface area is 119 Å². The van der Waals surface area contributed by atoms with E-state index in [-0.39, 0.29) is 24.1 Å². The molecule has 108 valence electrons. The lowest BCUT2D eigenvalue weighted by Gasteiger charge is -2.14. The third-order valence-electron chi connectivity index (χ3n) is 2.92. The summed E-state index contributed by atoms with van der Waals surface area (Å²) in [6, 6.07) is 4.06. The smallest absolute Gasteiger partial charge is 0.252 e. The van der Waals surface area contributed by atoms with Gasteiger partial charge in [0.05, 0.1) is 12.1 Å². The normalized spacial score (nSPS) is 11.4. The highest BCUT2D eigenvalue weighted by molar-refractivity contribution is 5.96. The van der Waals surface area contributed by atoms with Gasteiger partial charge in [0.1, 0.15) is 5.82 Å². The second-order valence-electron chi connectivity index (χ2n) is 4.71. The SMILES string of the molecule is CCCCC(C)NC(=O)c1cc(F)ccc1C#CCN. The maximum Gasteiger partial charge on any atom is 0.252 e. The van der Waals surface area contributed by atoms with E-state index < -0.39 is 5.82 Å². The van der Waals surface area contributed by atoms with E-state index in [2.05, 4.69) is 24.1 Å². The number of hydrogen-bond donors (Lipinski definition) is 2. The number of hydrogen-bond acceptors (Lipinski definition) is 2. The summed E-state index contributed by atoms with van der Waals surface area (Å²) in [6.45, 7) is 4.24. The summed E-state index contributed by atoms with van der Waals surface area (Å²) in [4.78, 5) is 12.2. The first-order chi connectivity index (χ1) is 9.58. The summed E-state index contributed by atoms with van der Waals surface area (Å²) < 4.78 is 13.3. The lowest BCUT2D eigenvalue weighted by atomic mass is 10.1. The van der Waals surface area contributed by atoms with E-state index in [4.69, 9.17) is 5.73 Å². The van der Waals surface area contributed by atoms with Crippen LogP contribution in [0.2, 0.25) is 0 Å². The van der Waals surface area contributed by atoms with Crippen LogP contribution in [0.5, 0.6) is 0 Å². The van der Waals surface area contributed by atoms with Crippen LogP contribution in [0.3, 0.4) is 0 Å². The molecular formula is C16H21FN2O. The van der Waals surface area contributed by atoms with E-state index >= 15 is 0 Å². The van der Waals surface area contributed by atoms with Crippen molar-refractivity contribution in [1.82, 2.24) is 5.32 Å². The summed E-state index contributed by atoms with van der Waals surface area (Å²) >= 11 is 0. The molecule has 4 heteroatoms. The van der Waals surface area contributed by atoms with Crippen LogP contribution >= 0.6 is 0 Å². The molecule has 0 fully saturated rings. The molecule has 1 amide bonds. The fourth-order valence-corrected chi connectivity index (χ4v) is 1.84. The van der Waals surface area contributed by atoms with Gasteiger partial charge in [-0.2, -0.15) is 0 Å². The quantitative estimate of drug-likeness (QED) is 0.812. The van der Waals surface area contributed by atoms with Crippen LogP contribution in [-0.2, 0) is 0 Å². The minimum Gasteiger partial charge on any atom is -0.350 e. The predicted octanol–water partition coefficient (Wildman–Crippen LogP) is 2.44. The standard InChI is InChI=1S/C16H21FN2O/c1-3-4-6-12(2)19-16(20)15-11-14(17)9-8-13(15)7-5-10-18/h8-9,11-12H,3-4,6,10,18H2,1-2H3,(H,19,20). The van der Waals surface area contributed by atoms with Gasteiger partial charge >= 0.3 is 0 Å². The molecular weight excluding hydrogens is 255 g/mol. The maximum atomic E-state index is 13.3. The van der Waals surface area contributed by atoms with Crippen LogP contribution in [0, 0.1) is 17.7 Å². The van der Waals surface area contributed by atoms with Gasteiger partial charge in [-0.1, -0.05) is 31.6 Å². The monoisotopic (exact) mass is 276 g/mol. The highest BCUT2D eigenvalue weighted by Gasteiger charge is 2.13. The van der Waals surface area contributed by atoms with Gasteiger partial charge in [-0.05, 0) is 31.5 Å². The first-order valence-electron chi connectivity index (χ1n) is 6.87. The Bertz CT molecular complexity index is 517. The van der Waals surface area contributed by atoms with Crippen molar-refractivity contribution in [2.24, 2.45) is 5.73 Å². The van der Waals surface area contributed by atoms with Crippen molar-refractivity contribution in [2.75, 3.05) is 6.54 Å². The molecule has 3 N–H and O–H groups in total. The molecule has 1 aromatic rings. The van der Waals surface area contributed by atoms with Gasteiger partial charge in [0, 0.05) is 11.6 Å². The molecule has 0 saturated heterocycles. The van der Waals surface area contributed by atoms with Gasteiger partial charge < -0.3 is 11.1 Å². The van der Waals surface area contributed by atoms with E-state index in [0.29, 0.717) is 5.56 Å². The Morgan fingerprint density at radius 3 is 2.90 bits per heavy atom. The zero-order valence-corrected chi connectivity index (χ0v) is 12.0. The number of carbonyl (C=O) groups is 1. The van der Waals surface area contributed by atoms with Gasteiger partial charge in [-0.3, -0.25) is 4.79 Å². The molecule has 20 heavy (non-hydrogen) atoms. The molecule has 1 unspecified atom stereocenters. The molecule has 0 spiro atoms. The van der Waals surface area contributed by atoms with E-state index in [1.54, 1.807) is 0 Å². The molecule has 0 aliphatic rings. The number of benzene rings is 1. The highest BCUT2D eigenvalue weighted by atomic mass is 19.1. The third kappa shape index (κ3) is 5.02. The number of amides is 1. The van der Waals surface area contributed by atoms with Gasteiger partial charge in [-0.25, -0.2) is 4.39 Å². The Hall–Kier alpha value is -1.86. The average Bonchev–Trinajstić information content (AvgIpc) is 2.43. The van der Waals surface area contributed by atoms with Crippen LogP contribution in [-0.4, -0.2) is 18.5 Å². The second-order valence-corrected chi connectivity index (χ2v) is 4.71. The lowest BCUT2D eigenvalue weighted by molar-refractivity contribution is 0.0937. The average molecular weight is 276 g/mol. The van der Waals surface area contributed by atoms with Gasteiger partial charge in [0.2, 0.25) is 0 Å². The van der Waals surface area contributed by atoms with Crippen molar-refractivity contribution < 1.29 is 9.18 Å². The minimum atomic E-state index is -0.449. The first-order valence-corrected chi connectivity index (χ1v) is 6.87. The van der Waals surface area contributed by atoms with Crippen molar-refractivity contribution >= 4 is 5.91 Å². The molecule has 0 aromatic heterocycles. The number of nitrogens with two attached hydrogens (primary N) is 1. The lowest BCUT2D eigenvalue weighted by Crippen LogP contribution is -2.33. The molecule has 3 nitrogen and oxygen atoms in total. The number of halogens is 1. The number of rotatable bonds is 5. The Balaban J connectivity index is 2.88. The van der Waals surface area contributed by atoms with Crippen molar-refractivity contribution in [3.63, 3.8) is 0 Å². The van der Waals surface area contributed by atoms with Crippen LogP contribution in [0.4, 0.5) is 4.39 Å². The second kappa shape index (κ2) is 8.34. The van der Waals surface area contributed by atoms with E-state index in [1.807, 2.05) is 6.92 Å². The van der Waals surface area contributed by atoms with E-state index in [1.165, 1.54) is 18.2 Å². The number of nitrogens with one attached hydrogen (secondary N) is 1.